The fourth-order valence-electron chi connectivity index (χ4n) is 4.21. The number of hydrogen-bond donors (Lipinski definition) is 0. The number of fused-ring (bicyclic) bond motifs is 1. The van der Waals surface area contributed by atoms with E-state index < -0.39 is 16.0 Å². The number of ether oxygens (including phenoxy) is 3. The highest BCUT2D eigenvalue weighted by Gasteiger charge is 2.32. The van der Waals surface area contributed by atoms with E-state index in [0.29, 0.717) is 35.5 Å². The highest BCUT2D eigenvalue weighted by molar-refractivity contribution is 7.93. The summed E-state index contributed by atoms with van der Waals surface area (Å²) in [5.41, 5.74) is 2.60. The molecule has 0 aliphatic carbocycles. The lowest BCUT2D eigenvalue weighted by atomic mass is 10.0. The summed E-state index contributed by atoms with van der Waals surface area (Å²) >= 11 is 0. The summed E-state index contributed by atoms with van der Waals surface area (Å²) < 4.78 is 44.9. The van der Waals surface area contributed by atoms with E-state index in [1.54, 1.807) is 30.3 Å². The molecule has 1 aliphatic heterocycles. The van der Waals surface area contributed by atoms with Gasteiger partial charge in [-0.2, -0.15) is 0 Å². The van der Waals surface area contributed by atoms with Gasteiger partial charge >= 0.3 is 5.97 Å². The zero-order valence-corrected chi connectivity index (χ0v) is 21.1. The summed E-state index contributed by atoms with van der Waals surface area (Å²) in [4.78, 5) is 24.5. The van der Waals surface area contributed by atoms with Crippen LogP contribution in [-0.2, 0) is 27.8 Å². The Kier molecular flexibility index (Phi) is 7.30. The van der Waals surface area contributed by atoms with Crippen molar-refractivity contribution >= 4 is 27.5 Å². The molecule has 0 bridgehead atoms. The number of ketones is 1. The summed E-state index contributed by atoms with van der Waals surface area (Å²) in [5.74, 6) is -0.252. The van der Waals surface area contributed by atoms with E-state index in [9.17, 15) is 18.0 Å². The van der Waals surface area contributed by atoms with Crippen molar-refractivity contribution in [2.75, 3.05) is 25.1 Å². The Morgan fingerprint density at radius 2 is 1.61 bits per heavy atom. The first-order valence-corrected chi connectivity index (χ1v) is 12.8. The van der Waals surface area contributed by atoms with Crippen molar-refractivity contribution in [2.45, 2.75) is 31.3 Å². The van der Waals surface area contributed by atoms with Gasteiger partial charge in [0, 0.05) is 17.7 Å². The smallest absolute Gasteiger partial charge is 0.338 e. The first-order chi connectivity index (χ1) is 17.3. The Labute approximate surface area is 210 Å². The highest BCUT2D eigenvalue weighted by Crippen LogP contribution is 2.35. The van der Waals surface area contributed by atoms with E-state index in [1.165, 1.54) is 43.6 Å². The van der Waals surface area contributed by atoms with Crippen LogP contribution in [-0.4, -0.2) is 40.9 Å². The average Bonchev–Trinajstić information content (AvgIpc) is 2.90. The molecular weight excluding hydrogens is 482 g/mol. The number of aryl methyl sites for hydroxylation is 1. The zero-order valence-electron chi connectivity index (χ0n) is 20.3. The van der Waals surface area contributed by atoms with Gasteiger partial charge in [-0.25, -0.2) is 13.2 Å². The monoisotopic (exact) mass is 509 g/mol. The second-order valence-electron chi connectivity index (χ2n) is 8.33. The minimum atomic E-state index is -4.02. The Hall–Kier alpha value is -3.85. The molecule has 0 amide bonds. The normalized spacial score (nSPS) is 13.0. The molecule has 3 aromatic carbocycles. The van der Waals surface area contributed by atoms with Gasteiger partial charge in [-0.05, 0) is 67.8 Å². The first kappa shape index (κ1) is 25.2. The van der Waals surface area contributed by atoms with E-state index in [4.69, 9.17) is 14.2 Å². The molecule has 0 radical (unpaired) electrons. The van der Waals surface area contributed by atoms with Gasteiger partial charge < -0.3 is 14.2 Å². The summed E-state index contributed by atoms with van der Waals surface area (Å²) in [6.45, 7) is 1.61. The minimum absolute atomic E-state index is 0.0568. The number of carbonyl (C=O) groups is 2. The fraction of sp³-hybridized carbons (Fsp3) is 0.259. The van der Waals surface area contributed by atoms with Crippen LogP contribution in [0.3, 0.4) is 0 Å². The number of rotatable bonds is 8. The van der Waals surface area contributed by atoms with E-state index >= 15 is 0 Å². The van der Waals surface area contributed by atoms with Gasteiger partial charge in [0.1, 0.15) is 23.0 Å². The van der Waals surface area contributed by atoms with Crippen molar-refractivity contribution in [3.8, 4) is 11.5 Å². The number of esters is 1. The van der Waals surface area contributed by atoms with Gasteiger partial charge in [-0.3, -0.25) is 9.10 Å². The maximum Gasteiger partial charge on any atom is 0.338 e. The molecule has 0 unspecified atom stereocenters. The second-order valence-corrected chi connectivity index (χ2v) is 10.2. The minimum Gasteiger partial charge on any atom is -0.496 e. The molecule has 8 nitrogen and oxygen atoms in total. The Morgan fingerprint density at radius 3 is 2.33 bits per heavy atom. The fourth-order valence-corrected chi connectivity index (χ4v) is 5.94. The van der Waals surface area contributed by atoms with Crippen molar-refractivity contribution in [1.82, 2.24) is 0 Å². The summed E-state index contributed by atoms with van der Waals surface area (Å²) in [6, 6.07) is 16.4. The predicted octanol–water partition coefficient (Wildman–Crippen LogP) is 4.40. The third-order valence-corrected chi connectivity index (χ3v) is 7.92. The molecule has 0 saturated heterocycles. The topological polar surface area (TPSA) is 99.2 Å². The lowest BCUT2D eigenvalue weighted by Crippen LogP contribution is -2.35. The molecule has 3 aromatic rings. The van der Waals surface area contributed by atoms with Crippen molar-refractivity contribution in [2.24, 2.45) is 0 Å². The molecule has 9 heteroatoms. The van der Waals surface area contributed by atoms with Crippen molar-refractivity contribution in [3.63, 3.8) is 0 Å². The molecule has 0 spiro atoms. The number of sulfonamides is 1. The number of para-hydroxylation sites is 1. The summed E-state index contributed by atoms with van der Waals surface area (Å²) in [7, 11) is -1.16. The highest BCUT2D eigenvalue weighted by atomic mass is 32.2. The van der Waals surface area contributed by atoms with Gasteiger partial charge in [-0.15, -0.1) is 0 Å². The van der Waals surface area contributed by atoms with Crippen molar-refractivity contribution < 1.29 is 32.2 Å². The van der Waals surface area contributed by atoms with Crippen molar-refractivity contribution in [1.29, 1.82) is 0 Å². The van der Waals surface area contributed by atoms with E-state index in [1.807, 2.05) is 12.1 Å². The third-order valence-electron chi connectivity index (χ3n) is 6.08. The van der Waals surface area contributed by atoms with Crippen LogP contribution in [0.25, 0.3) is 0 Å². The number of Topliss-reactive ketones (excluding diaryl/α,β-unsaturated/α-hetero) is 1. The molecule has 0 atom stereocenters. The largest absolute Gasteiger partial charge is 0.496 e. The standard InChI is InChI=1S/C27H27NO7S/c1-18(29)20-10-12-24(33-2)22(15-20)17-35-27(30)21-11-13-25(34-3)26(16-21)36(31,32)28-14-6-8-19-7-4-5-9-23(19)28/h4-5,7,9-13,15-16H,6,8,14,17H2,1-3H3. The molecule has 0 aromatic heterocycles. The zero-order chi connectivity index (χ0) is 25.9. The van der Waals surface area contributed by atoms with Crippen LogP contribution in [0.5, 0.6) is 11.5 Å². The molecule has 36 heavy (non-hydrogen) atoms. The SMILES string of the molecule is COc1ccc(C(C)=O)cc1COC(=O)c1ccc(OC)c(S(=O)(=O)N2CCCc3ccccc32)c1. The second kappa shape index (κ2) is 10.4. The number of carbonyl (C=O) groups excluding carboxylic acids is 2. The van der Waals surface area contributed by atoms with Gasteiger partial charge in [0.2, 0.25) is 0 Å². The molecule has 1 heterocycles. The number of anilines is 1. The quantitative estimate of drug-likeness (QED) is 0.328. The molecule has 0 saturated carbocycles. The number of hydrogen-bond acceptors (Lipinski definition) is 7. The molecule has 4 rings (SSSR count). The lowest BCUT2D eigenvalue weighted by Gasteiger charge is -2.31. The van der Waals surface area contributed by atoms with Gasteiger partial charge in [-0.1, -0.05) is 18.2 Å². The number of nitrogens with zero attached hydrogens (tertiary/aromatic N) is 1. The number of methoxy groups -OCH3 is 2. The van der Waals surface area contributed by atoms with Crippen LogP contribution >= 0.6 is 0 Å². The van der Waals surface area contributed by atoms with Crippen LogP contribution in [0, 0.1) is 0 Å². The van der Waals surface area contributed by atoms with E-state index in [-0.39, 0.29) is 28.6 Å². The van der Waals surface area contributed by atoms with Gasteiger partial charge in [0.25, 0.3) is 10.0 Å². The van der Waals surface area contributed by atoms with Crippen LogP contribution in [0.4, 0.5) is 5.69 Å². The van der Waals surface area contributed by atoms with E-state index in [2.05, 4.69) is 0 Å². The van der Waals surface area contributed by atoms with Gasteiger partial charge in [0.05, 0.1) is 25.5 Å². The van der Waals surface area contributed by atoms with Crippen LogP contribution in [0.2, 0.25) is 0 Å². The van der Waals surface area contributed by atoms with Crippen molar-refractivity contribution in [3.05, 3.63) is 82.9 Å². The summed E-state index contributed by atoms with van der Waals surface area (Å²) in [5, 5.41) is 0. The molecular formula is C27H27NO7S. The molecule has 0 fully saturated rings. The third kappa shape index (κ3) is 4.92. The Bertz CT molecular complexity index is 1420. The lowest BCUT2D eigenvalue weighted by molar-refractivity contribution is 0.0470. The predicted molar refractivity (Wildman–Crippen MR) is 134 cm³/mol. The average molecular weight is 510 g/mol. The Balaban J connectivity index is 1.63. The molecule has 1 aliphatic rings. The molecule has 0 N–H and O–H groups in total. The summed E-state index contributed by atoms with van der Waals surface area (Å²) in [6.07, 6.45) is 1.47. The van der Waals surface area contributed by atoms with Crippen LogP contribution in [0.1, 0.15) is 45.2 Å². The Morgan fingerprint density at radius 1 is 0.917 bits per heavy atom. The number of benzene rings is 3. The molecule has 188 valence electrons. The van der Waals surface area contributed by atoms with E-state index in [0.717, 1.165) is 12.0 Å². The van der Waals surface area contributed by atoms with Gasteiger partial charge in [0.15, 0.2) is 5.78 Å². The first-order valence-electron chi connectivity index (χ1n) is 11.4. The van der Waals surface area contributed by atoms with Crippen LogP contribution < -0.4 is 13.8 Å². The maximum absolute atomic E-state index is 13.7. The maximum atomic E-state index is 13.7. The van der Waals surface area contributed by atoms with Crippen LogP contribution in [0.15, 0.2) is 65.6 Å².